The lowest BCUT2D eigenvalue weighted by molar-refractivity contribution is -0.138. The zero-order valence-electron chi connectivity index (χ0n) is 14.5. The molecule has 7 nitrogen and oxygen atoms in total. The van der Waals surface area contributed by atoms with Crippen LogP contribution in [0.15, 0.2) is 60.2 Å². The van der Waals surface area contributed by atoms with Crippen molar-refractivity contribution < 1.29 is 13.9 Å². The highest BCUT2D eigenvalue weighted by Crippen LogP contribution is 2.38. The van der Waals surface area contributed by atoms with E-state index in [0.717, 1.165) is 5.56 Å². The summed E-state index contributed by atoms with van der Waals surface area (Å²) in [5, 5.41) is 14.8. The average molecular weight is 365 g/mol. The minimum Gasteiger partial charge on any atom is -0.463 e. The molecule has 1 aliphatic heterocycles. The van der Waals surface area contributed by atoms with Crippen LogP contribution in [0.4, 0.5) is 10.3 Å². The fourth-order valence-corrected chi connectivity index (χ4v) is 3.10. The van der Waals surface area contributed by atoms with Gasteiger partial charge in [0.15, 0.2) is 0 Å². The zero-order chi connectivity index (χ0) is 18.8. The van der Waals surface area contributed by atoms with Crippen LogP contribution in [0.2, 0.25) is 0 Å². The number of benzene rings is 2. The number of nitrogens with one attached hydrogen (secondary N) is 1. The number of ether oxygens (including phenoxy) is 1. The van der Waals surface area contributed by atoms with E-state index < -0.39 is 12.0 Å². The van der Waals surface area contributed by atoms with Crippen LogP contribution in [0.5, 0.6) is 0 Å². The van der Waals surface area contributed by atoms with E-state index in [1.807, 2.05) is 30.3 Å². The van der Waals surface area contributed by atoms with E-state index in [0.29, 0.717) is 22.8 Å². The van der Waals surface area contributed by atoms with E-state index in [1.165, 1.54) is 16.8 Å². The topological polar surface area (TPSA) is 81.9 Å². The molecule has 0 fully saturated rings. The van der Waals surface area contributed by atoms with Gasteiger partial charge >= 0.3 is 5.97 Å². The highest BCUT2D eigenvalue weighted by molar-refractivity contribution is 6.02. The Kier molecular flexibility index (Phi) is 4.37. The molecule has 8 heteroatoms. The van der Waals surface area contributed by atoms with E-state index in [-0.39, 0.29) is 12.4 Å². The lowest BCUT2D eigenvalue weighted by Crippen LogP contribution is -2.30. The Balaban J connectivity index is 1.95. The standard InChI is InChI=1S/C19H16FN5O2/c1-2-27-18(26)15-16(12-6-4-3-5-7-12)21-19-22-23-24-25(19)17(15)13-8-10-14(20)11-9-13/h3-11,17H,2H2,1H3,(H,21,22,24). The molecule has 4 rings (SSSR count). The number of fused-ring (bicyclic) bond motifs is 1. The van der Waals surface area contributed by atoms with Crippen LogP contribution in [-0.2, 0) is 9.53 Å². The van der Waals surface area contributed by atoms with Gasteiger partial charge in [-0.25, -0.2) is 9.18 Å². The van der Waals surface area contributed by atoms with Crippen molar-refractivity contribution in [1.82, 2.24) is 20.2 Å². The molecule has 2 aromatic carbocycles. The van der Waals surface area contributed by atoms with Gasteiger partial charge in [-0.1, -0.05) is 47.6 Å². The van der Waals surface area contributed by atoms with E-state index in [9.17, 15) is 9.18 Å². The first-order valence-electron chi connectivity index (χ1n) is 8.46. The molecule has 1 N–H and O–H groups in total. The Labute approximate surface area is 154 Å². The minimum absolute atomic E-state index is 0.225. The summed E-state index contributed by atoms with van der Waals surface area (Å²) in [4.78, 5) is 12.9. The molecular formula is C19H16FN5O2. The first-order chi connectivity index (χ1) is 13.2. The third-order valence-electron chi connectivity index (χ3n) is 4.26. The molecular weight excluding hydrogens is 349 g/mol. The summed E-state index contributed by atoms with van der Waals surface area (Å²) in [6, 6.07) is 14.6. The molecule has 1 atom stereocenters. The van der Waals surface area contributed by atoms with Crippen LogP contribution in [0.3, 0.4) is 0 Å². The largest absolute Gasteiger partial charge is 0.463 e. The normalized spacial score (nSPS) is 15.9. The predicted molar refractivity (Wildman–Crippen MR) is 96.0 cm³/mol. The molecule has 2 heterocycles. The number of rotatable bonds is 4. The van der Waals surface area contributed by atoms with Gasteiger partial charge in [0, 0.05) is 0 Å². The van der Waals surface area contributed by atoms with Gasteiger partial charge in [-0.2, -0.15) is 4.68 Å². The van der Waals surface area contributed by atoms with Crippen molar-refractivity contribution in [3.05, 3.63) is 77.1 Å². The van der Waals surface area contributed by atoms with Gasteiger partial charge in [0.05, 0.1) is 17.9 Å². The summed E-state index contributed by atoms with van der Waals surface area (Å²) in [6.45, 7) is 1.97. The fraction of sp³-hybridized carbons (Fsp3) is 0.158. The Morgan fingerprint density at radius 1 is 1.19 bits per heavy atom. The van der Waals surface area contributed by atoms with Crippen molar-refractivity contribution in [1.29, 1.82) is 0 Å². The second kappa shape index (κ2) is 6.99. The molecule has 0 amide bonds. The maximum atomic E-state index is 13.4. The molecule has 0 saturated carbocycles. The highest BCUT2D eigenvalue weighted by atomic mass is 19.1. The summed E-state index contributed by atoms with van der Waals surface area (Å²) in [5.74, 6) is -0.467. The number of hydrogen-bond acceptors (Lipinski definition) is 6. The Hall–Kier alpha value is -3.55. The summed E-state index contributed by atoms with van der Waals surface area (Å²) in [6.07, 6.45) is 0. The Bertz CT molecular complexity index is 998. The third kappa shape index (κ3) is 3.05. The van der Waals surface area contributed by atoms with Gasteiger partial charge < -0.3 is 10.1 Å². The molecule has 0 aliphatic carbocycles. The second-order valence-corrected chi connectivity index (χ2v) is 5.90. The molecule has 0 saturated heterocycles. The van der Waals surface area contributed by atoms with Gasteiger partial charge in [0.2, 0.25) is 5.95 Å². The second-order valence-electron chi connectivity index (χ2n) is 5.90. The van der Waals surface area contributed by atoms with Crippen LogP contribution in [-0.4, -0.2) is 32.8 Å². The van der Waals surface area contributed by atoms with Gasteiger partial charge in [0.1, 0.15) is 11.9 Å². The maximum absolute atomic E-state index is 13.4. The number of carbonyl (C=O) groups is 1. The highest BCUT2D eigenvalue weighted by Gasteiger charge is 2.36. The lowest BCUT2D eigenvalue weighted by Gasteiger charge is -2.28. The Morgan fingerprint density at radius 3 is 2.63 bits per heavy atom. The average Bonchev–Trinajstić information content (AvgIpc) is 3.16. The molecule has 1 aliphatic rings. The monoisotopic (exact) mass is 365 g/mol. The molecule has 0 bridgehead atoms. The van der Waals surface area contributed by atoms with Crippen molar-refractivity contribution in [3.63, 3.8) is 0 Å². The number of tetrazole rings is 1. The van der Waals surface area contributed by atoms with Gasteiger partial charge in [-0.15, -0.1) is 0 Å². The van der Waals surface area contributed by atoms with Gasteiger partial charge in [-0.3, -0.25) is 0 Å². The van der Waals surface area contributed by atoms with Crippen LogP contribution in [0.1, 0.15) is 24.1 Å². The van der Waals surface area contributed by atoms with Crippen LogP contribution in [0.25, 0.3) is 5.70 Å². The van der Waals surface area contributed by atoms with Gasteiger partial charge in [0.25, 0.3) is 0 Å². The SMILES string of the molecule is CCOC(=O)C1=C(c2ccccc2)Nc2nnnn2C1c1ccc(F)cc1. The minimum atomic E-state index is -0.647. The van der Waals surface area contributed by atoms with E-state index in [4.69, 9.17) is 4.74 Å². The first kappa shape index (κ1) is 16.9. The quantitative estimate of drug-likeness (QED) is 0.716. The van der Waals surface area contributed by atoms with Crippen molar-refractivity contribution in [2.45, 2.75) is 13.0 Å². The summed E-state index contributed by atoms with van der Waals surface area (Å²) >= 11 is 0. The molecule has 0 radical (unpaired) electrons. The van der Waals surface area contributed by atoms with Crippen LogP contribution < -0.4 is 5.32 Å². The van der Waals surface area contributed by atoms with E-state index in [2.05, 4.69) is 20.8 Å². The summed E-state index contributed by atoms with van der Waals surface area (Å²) in [7, 11) is 0. The van der Waals surface area contributed by atoms with Crippen molar-refractivity contribution >= 4 is 17.6 Å². The van der Waals surface area contributed by atoms with Crippen molar-refractivity contribution in [3.8, 4) is 0 Å². The van der Waals surface area contributed by atoms with Crippen LogP contribution in [0, 0.1) is 5.82 Å². The number of hydrogen-bond donors (Lipinski definition) is 1. The molecule has 27 heavy (non-hydrogen) atoms. The number of anilines is 1. The lowest BCUT2D eigenvalue weighted by atomic mass is 9.93. The number of halogens is 1. The smallest absolute Gasteiger partial charge is 0.338 e. The molecule has 0 spiro atoms. The number of carbonyl (C=O) groups excluding carboxylic acids is 1. The fourth-order valence-electron chi connectivity index (χ4n) is 3.10. The van der Waals surface area contributed by atoms with E-state index in [1.54, 1.807) is 19.1 Å². The van der Waals surface area contributed by atoms with Crippen molar-refractivity contribution in [2.24, 2.45) is 0 Å². The molecule has 3 aromatic rings. The number of nitrogens with zero attached hydrogens (tertiary/aromatic N) is 4. The van der Waals surface area contributed by atoms with Gasteiger partial charge in [-0.05, 0) is 40.6 Å². The molecule has 136 valence electrons. The summed E-state index contributed by atoms with van der Waals surface area (Å²) in [5.41, 5.74) is 2.38. The van der Waals surface area contributed by atoms with E-state index >= 15 is 0 Å². The predicted octanol–water partition coefficient (Wildman–Crippen LogP) is 2.80. The number of esters is 1. The third-order valence-corrected chi connectivity index (χ3v) is 4.26. The van der Waals surface area contributed by atoms with Crippen LogP contribution >= 0.6 is 0 Å². The first-order valence-corrected chi connectivity index (χ1v) is 8.46. The Morgan fingerprint density at radius 2 is 1.93 bits per heavy atom. The van der Waals surface area contributed by atoms with Crippen molar-refractivity contribution in [2.75, 3.05) is 11.9 Å². The molecule has 1 unspecified atom stereocenters. The number of aromatic nitrogens is 4. The summed E-state index contributed by atoms with van der Waals surface area (Å²) < 4.78 is 20.2. The zero-order valence-corrected chi connectivity index (χ0v) is 14.5. The maximum Gasteiger partial charge on any atom is 0.338 e. The molecule has 1 aromatic heterocycles.